The molecule has 0 aromatic carbocycles. The topological polar surface area (TPSA) is 29.1 Å². The zero-order chi connectivity index (χ0) is 10.3. The molecule has 0 saturated carbocycles. The number of amides is 1. The van der Waals surface area contributed by atoms with Crippen molar-refractivity contribution < 1.29 is 4.79 Å². The number of carbonyl (C=O) groups is 1. The maximum absolute atomic E-state index is 11.5. The molecule has 1 aliphatic heterocycles. The van der Waals surface area contributed by atoms with Crippen LogP contribution in [-0.2, 0) is 4.79 Å². The van der Waals surface area contributed by atoms with Gasteiger partial charge >= 0.3 is 0 Å². The monoisotopic (exact) mass is 191 g/mol. The van der Waals surface area contributed by atoms with Crippen LogP contribution in [0.4, 0.5) is 0 Å². The SMILES string of the molecule is CC(C)(C)C1=CC2C(=O)NCC2C=C1. The minimum Gasteiger partial charge on any atom is -0.355 e. The lowest BCUT2D eigenvalue weighted by atomic mass is 9.78. The van der Waals surface area contributed by atoms with Crippen LogP contribution in [0.15, 0.2) is 23.8 Å². The highest BCUT2D eigenvalue weighted by atomic mass is 16.2. The maximum atomic E-state index is 11.5. The molecule has 2 atom stereocenters. The molecule has 1 N–H and O–H groups in total. The second-order valence-corrected chi connectivity index (χ2v) is 5.17. The van der Waals surface area contributed by atoms with Gasteiger partial charge in [0, 0.05) is 12.5 Å². The van der Waals surface area contributed by atoms with Gasteiger partial charge in [0.25, 0.3) is 0 Å². The Morgan fingerprint density at radius 1 is 1.43 bits per heavy atom. The summed E-state index contributed by atoms with van der Waals surface area (Å²) >= 11 is 0. The van der Waals surface area contributed by atoms with Gasteiger partial charge < -0.3 is 5.32 Å². The Bertz CT molecular complexity index is 320. The molecule has 0 aromatic heterocycles. The summed E-state index contributed by atoms with van der Waals surface area (Å²) in [6.45, 7) is 7.33. The smallest absolute Gasteiger partial charge is 0.227 e. The number of rotatable bonds is 0. The Balaban J connectivity index is 2.28. The van der Waals surface area contributed by atoms with E-state index < -0.39 is 0 Å². The molecule has 0 spiro atoms. The average Bonchev–Trinajstić information content (AvgIpc) is 2.46. The van der Waals surface area contributed by atoms with Crippen molar-refractivity contribution in [3.05, 3.63) is 23.8 Å². The molecule has 2 unspecified atom stereocenters. The van der Waals surface area contributed by atoms with E-state index >= 15 is 0 Å². The molecular formula is C12H17NO. The molecule has 0 aromatic rings. The normalized spacial score (nSPS) is 31.1. The van der Waals surface area contributed by atoms with Gasteiger partial charge in [-0.3, -0.25) is 4.79 Å². The first-order valence-corrected chi connectivity index (χ1v) is 5.17. The second kappa shape index (κ2) is 2.97. The van der Waals surface area contributed by atoms with Crippen LogP contribution in [0.3, 0.4) is 0 Å². The Morgan fingerprint density at radius 2 is 2.14 bits per heavy atom. The van der Waals surface area contributed by atoms with E-state index in [0.717, 1.165) is 6.54 Å². The van der Waals surface area contributed by atoms with Crippen LogP contribution in [0, 0.1) is 17.3 Å². The van der Waals surface area contributed by atoms with E-state index in [-0.39, 0.29) is 17.2 Å². The second-order valence-electron chi connectivity index (χ2n) is 5.17. The van der Waals surface area contributed by atoms with Crippen LogP contribution < -0.4 is 5.32 Å². The highest BCUT2D eigenvalue weighted by Gasteiger charge is 2.34. The van der Waals surface area contributed by atoms with Crippen molar-refractivity contribution >= 4 is 5.91 Å². The molecule has 1 aliphatic carbocycles. The van der Waals surface area contributed by atoms with Gasteiger partial charge in [0.05, 0.1) is 5.92 Å². The van der Waals surface area contributed by atoms with Gasteiger partial charge in [0.15, 0.2) is 0 Å². The quantitative estimate of drug-likeness (QED) is 0.622. The van der Waals surface area contributed by atoms with E-state index in [1.807, 2.05) is 0 Å². The molecular weight excluding hydrogens is 174 g/mol. The summed E-state index contributed by atoms with van der Waals surface area (Å²) < 4.78 is 0. The summed E-state index contributed by atoms with van der Waals surface area (Å²) in [5.74, 6) is 0.643. The Labute approximate surface area is 85.1 Å². The number of nitrogens with one attached hydrogen (secondary N) is 1. The third kappa shape index (κ3) is 1.49. The van der Waals surface area contributed by atoms with Gasteiger partial charge in [0.2, 0.25) is 5.91 Å². The fourth-order valence-corrected chi connectivity index (χ4v) is 2.02. The molecule has 1 saturated heterocycles. The van der Waals surface area contributed by atoms with Crippen molar-refractivity contribution in [2.24, 2.45) is 17.3 Å². The summed E-state index contributed by atoms with van der Waals surface area (Å²) in [5.41, 5.74) is 1.42. The maximum Gasteiger partial charge on any atom is 0.227 e. The van der Waals surface area contributed by atoms with Crippen LogP contribution in [-0.4, -0.2) is 12.5 Å². The Hall–Kier alpha value is -1.05. The minimum absolute atomic E-state index is 0.0780. The van der Waals surface area contributed by atoms with Crippen LogP contribution in [0.1, 0.15) is 20.8 Å². The first-order valence-electron chi connectivity index (χ1n) is 5.17. The Morgan fingerprint density at radius 3 is 2.79 bits per heavy atom. The van der Waals surface area contributed by atoms with Crippen molar-refractivity contribution in [1.82, 2.24) is 5.32 Å². The molecule has 2 rings (SSSR count). The van der Waals surface area contributed by atoms with Gasteiger partial charge in [-0.05, 0) is 11.0 Å². The highest BCUT2D eigenvalue weighted by Crippen LogP contribution is 2.34. The summed E-state index contributed by atoms with van der Waals surface area (Å²) in [6, 6.07) is 0. The van der Waals surface area contributed by atoms with Gasteiger partial charge in [-0.2, -0.15) is 0 Å². The molecule has 2 aliphatic rings. The molecule has 76 valence electrons. The minimum atomic E-state index is 0.0780. The van der Waals surface area contributed by atoms with E-state index in [9.17, 15) is 4.79 Å². The van der Waals surface area contributed by atoms with Crippen LogP contribution in [0.5, 0.6) is 0 Å². The van der Waals surface area contributed by atoms with Gasteiger partial charge in [-0.1, -0.05) is 39.0 Å². The zero-order valence-corrected chi connectivity index (χ0v) is 9.00. The van der Waals surface area contributed by atoms with E-state index in [1.54, 1.807) is 0 Å². The predicted octanol–water partition coefficient (Wildman–Crippen LogP) is 1.89. The molecule has 1 amide bonds. The average molecular weight is 191 g/mol. The number of hydrogen-bond acceptors (Lipinski definition) is 1. The third-order valence-corrected chi connectivity index (χ3v) is 3.02. The zero-order valence-electron chi connectivity index (χ0n) is 9.00. The lowest BCUT2D eigenvalue weighted by Gasteiger charge is -2.25. The fourth-order valence-electron chi connectivity index (χ4n) is 2.02. The first-order chi connectivity index (χ1) is 6.48. The molecule has 1 heterocycles. The summed E-state index contributed by atoms with van der Waals surface area (Å²) in [5, 5.41) is 2.90. The number of hydrogen-bond donors (Lipinski definition) is 1. The standard InChI is InChI=1S/C12H17NO/c1-12(2,3)9-5-4-8-7-13-11(14)10(8)6-9/h4-6,8,10H,7H2,1-3H3,(H,13,14). The van der Waals surface area contributed by atoms with Crippen molar-refractivity contribution in [3.63, 3.8) is 0 Å². The van der Waals surface area contributed by atoms with Gasteiger partial charge in [-0.15, -0.1) is 0 Å². The van der Waals surface area contributed by atoms with Crippen molar-refractivity contribution in [3.8, 4) is 0 Å². The molecule has 2 nitrogen and oxygen atoms in total. The lowest BCUT2D eigenvalue weighted by Crippen LogP contribution is -2.21. The number of allylic oxidation sites excluding steroid dienone is 2. The number of fused-ring (bicyclic) bond motifs is 1. The van der Waals surface area contributed by atoms with E-state index in [2.05, 4.69) is 44.3 Å². The van der Waals surface area contributed by atoms with E-state index in [0.29, 0.717) is 5.92 Å². The van der Waals surface area contributed by atoms with Gasteiger partial charge in [-0.25, -0.2) is 0 Å². The van der Waals surface area contributed by atoms with E-state index in [4.69, 9.17) is 0 Å². The summed E-state index contributed by atoms with van der Waals surface area (Å²) in [6.07, 6.45) is 6.47. The highest BCUT2D eigenvalue weighted by molar-refractivity contribution is 5.84. The summed E-state index contributed by atoms with van der Waals surface area (Å²) in [7, 11) is 0. The Kier molecular flexibility index (Phi) is 2.02. The van der Waals surface area contributed by atoms with Crippen molar-refractivity contribution in [2.45, 2.75) is 20.8 Å². The van der Waals surface area contributed by atoms with Crippen molar-refractivity contribution in [2.75, 3.05) is 6.54 Å². The van der Waals surface area contributed by atoms with E-state index in [1.165, 1.54) is 5.57 Å². The molecule has 0 bridgehead atoms. The summed E-state index contributed by atoms with van der Waals surface area (Å²) in [4.78, 5) is 11.5. The van der Waals surface area contributed by atoms with Crippen LogP contribution in [0.25, 0.3) is 0 Å². The first kappa shape index (κ1) is 9.50. The number of carbonyl (C=O) groups excluding carboxylic acids is 1. The largest absolute Gasteiger partial charge is 0.355 e. The fraction of sp³-hybridized carbons (Fsp3) is 0.583. The third-order valence-electron chi connectivity index (χ3n) is 3.02. The molecule has 2 heteroatoms. The predicted molar refractivity (Wildman–Crippen MR) is 56.7 cm³/mol. The van der Waals surface area contributed by atoms with Crippen LogP contribution >= 0.6 is 0 Å². The molecule has 14 heavy (non-hydrogen) atoms. The lowest BCUT2D eigenvalue weighted by molar-refractivity contribution is -0.121. The molecule has 1 fully saturated rings. The van der Waals surface area contributed by atoms with Crippen LogP contribution in [0.2, 0.25) is 0 Å². The van der Waals surface area contributed by atoms with Gasteiger partial charge in [0.1, 0.15) is 0 Å². The van der Waals surface area contributed by atoms with Crippen molar-refractivity contribution in [1.29, 1.82) is 0 Å². The molecule has 0 radical (unpaired) electrons.